The first-order valence-electron chi connectivity index (χ1n) is 9.14. The summed E-state index contributed by atoms with van der Waals surface area (Å²) < 4.78 is 6.19. The van der Waals surface area contributed by atoms with Crippen molar-refractivity contribution < 1.29 is 14.9 Å². The predicted molar refractivity (Wildman–Crippen MR) is 107 cm³/mol. The number of ether oxygens (including phenoxy) is 1. The summed E-state index contributed by atoms with van der Waals surface area (Å²) >= 11 is 0. The second kappa shape index (κ2) is 6.71. The van der Waals surface area contributed by atoms with Gasteiger partial charge in [-0.15, -0.1) is 0 Å². The summed E-state index contributed by atoms with van der Waals surface area (Å²) in [6.45, 7) is 11.4. The van der Waals surface area contributed by atoms with Crippen molar-refractivity contribution in [2.75, 3.05) is 6.61 Å². The lowest BCUT2D eigenvalue weighted by Crippen LogP contribution is -2.13. The van der Waals surface area contributed by atoms with Gasteiger partial charge in [0.2, 0.25) is 0 Å². The van der Waals surface area contributed by atoms with Crippen molar-refractivity contribution in [3.8, 4) is 17.2 Å². The van der Waals surface area contributed by atoms with Crippen molar-refractivity contribution in [2.24, 2.45) is 5.41 Å². The van der Waals surface area contributed by atoms with Gasteiger partial charge in [0, 0.05) is 22.8 Å². The van der Waals surface area contributed by atoms with Crippen molar-refractivity contribution in [2.45, 2.75) is 47.5 Å². The summed E-state index contributed by atoms with van der Waals surface area (Å²) in [7, 11) is 0. The third kappa shape index (κ3) is 3.72. The van der Waals surface area contributed by atoms with E-state index in [9.17, 15) is 10.2 Å². The topological polar surface area (TPSA) is 49.7 Å². The molecule has 1 heterocycles. The van der Waals surface area contributed by atoms with E-state index in [1.165, 1.54) is 22.8 Å². The van der Waals surface area contributed by atoms with Crippen LogP contribution in [0.4, 0.5) is 0 Å². The molecule has 26 heavy (non-hydrogen) atoms. The molecule has 1 aliphatic heterocycles. The highest BCUT2D eigenvalue weighted by Gasteiger charge is 2.22. The van der Waals surface area contributed by atoms with Crippen molar-refractivity contribution in [1.82, 2.24) is 0 Å². The van der Waals surface area contributed by atoms with Gasteiger partial charge in [-0.3, -0.25) is 0 Å². The van der Waals surface area contributed by atoms with Gasteiger partial charge in [-0.25, -0.2) is 0 Å². The summed E-state index contributed by atoms with van der Waals surface area (Å²) in [6, 6.07) is 6.90. The van der Waals surface area contributed by atoms with Crippen LogP contribution < -0.4 is 4.74 Å². The molecule has 3 rings (SSSR count). The van der Waals surface area contributed by atoms with E-state index in [1.54, 1.807) is 12.1 Å². The minimum absolute atomic E-state index is 0.0558. The van der Waals surface area contributed by atoms with Crippen LogP contribution in [0.3, 0.4) is 0 Å². The zero-order chi connectivity index (χ0) is 19.1. The molecule has 0 unspecified atom stereocenters. The molecule has 2 aromatic rings. The molecule has 0 bridgehead atoms. The van der Waals surface area contributed by atoms with Gasteiger partial charge in [-0.05, 0) is 67.0 Å². The van der Waals surface area contributed by atoms with Crippen LogP contribution in [-0.4, -0.2) is 16.8 Å². The third-order valence-corrected chi connectivity index (χ3v) is 5.00. The molecule has 0 amide bonds. The van der Waals surface area contributed by atoms with E-state index in [2.05, 4.69) is 46.8 Å². The largest absolute Gasteiger partial charge is 0.508 e. The SMILES string of the molecule is Cc1cc(C)c(CCC(C)(C)C)c2c1C=C(c1ccc(O)cc1O)CO2. The Hall–Kier alpha value is -2.42. The summed E-state index contributed by atoms with van der Waals surface area (Å²) in [6.07, 6.45) is 4.20. The fraction of sp³-hybridized carbons (Fsp3) is 0.391. The molecule has 3 heteroatoms. The molecule has 138 valence electrons. The summed E-state index contributed by atoms with van der Waals surface area (Å²) in [5.74, 6) is 1.11. The molecule has 0 atom stereocenters. The number of phenolic OH excluding ortho intramolecular Hbond substituents is 2. The van der Waals surface area contributed by atoms with Gasteiger partial charge in [0.05, 0.1) is 0 Å². The first-order valence-corrected chi connectivity index (χ1v) is 9.14. The van der Waals surface area contributed by atoms with Gasteiger partial charge in [0.15, 0.2) is 0 Å². The van der Waals surface area contributed by atoms with Crippen LogP contribution in [0.25, 0.3) is 11.6 Å². The second-order valence-corrected chi connectivity index (χ2v) is 8.45. The molecule has 0 saturated carbocycles. The standard InChI is InChI=1S/C23H28O3/c1-14-10-15(2)20-11-16(19-7-6-17(24)12-21(19)25)13-26-22(20)18(14)8-9-23(3,4)5/h6-7,10-12,24-25H,8-9,13H2,1-5H3. The fourth-order valence-corrected chi connectivity index (χ4v) is 3.48. The first kappa shape index (κ1) is 18.4. The molecule has 0 fully saturated rings. The molecule has 0 radical (unpaired) electrons. The van der Waals surface area contributed by atoms with Crippen LogP contribution in [-0.2, 0) is 6.42 Å². The number of phenols is 2. The van der Waals surface area contributed by atoms with Gasteiger partial charge in [-0.2, -0.15) is 0 Å². The third-order valence-electron chi connectivity index (χ3n) is 5.00. The highest BCUT2D eigenvalue weighted by atomic mass is 16.5. The van der Waals surface area contributed by atoms with Gasteiger partial charge >= 0.3 is 0 Å². The molecular formula is C23H28O3. The maximum atomic E-state index is 10.2. The Morgan fingerprint density at radius 1 is 1.04 bits per heavy atom. The number of benzene rings is 2. The highest BCUT2D eigenvalue weighted by Crippen LogP contribution is 2.40. The lowest BCUT2D eigenvalue weighted by atomic mass is 9.85. The Balaban J connectivity index is 2.04. The molecule has 0 aliphatic carbocycles. The first-order chi connectivity index (χ1) is 12.2. The number of aromatic hydroxyl groups is 2. The van der Waals surface area contributed by atoms with E-state index in [0.717, 1.165) is 29.7 Å². The second-order valence-electron chi connectivity index (χ2n) is 8.45. The monoisotopic (exact) mass is 352 g/mol. The lowest BCUT2D eigenvalue weighted by Gasteiger charge is -2.26. The van der Waals surface area contributed by atoms with Crippen molar-refractivity contribution >= 4 is 11.6 Å². The molecule has 0 saturated heterocycles. The minimum atomic E-state index is 0.0558. The number of hydrogen-bond donors (Lipinski definition) is 2. The van der Waals surface area contributed by atoms with E-state index in [0.29, 0.717) is 12.2 Å². The maximum absolute atomic E-state index is 10.2. The quantitative estimate of drug-likeness (QED) is 0.753. The Morgan fingerprint density at radius 3 is 2.42 bits per heavy atom. The van der Waals surface area contributed by atoms with Crippen LogP contribution in [0.15, 0.2) is 24.3 Å². The zero-order valence-electron chi connectivity index (χ0n) is 16.3. The Bertz CT molecular complexity index is 870. The van der Waals surface area contributed by atoms with Crippen molar-refractivity contribution in [3.63, 3.8) is 0 Å². The van der Waals surface area contributed by atoms with E-state index in [-0.39, 0.29) is 16.9 Å². The normalized spacial score (nSPS) is 13.8. The van der Waals surface area contributed by atoms with Crippen LogP contribution in [0.2, 0.25) is 0 Å². The molecular weight excluding hydrogens is 324 g/mol. The number of aryl methyl sites for hydroxylation is 2. The molecule has 1 aliphatic rings. The smallest absolute Gasteiger partial charge is 0.130 e. The molecule has 2 N–H and O–H groups in total. The highest BCUT2D eigenvalue weighted by molar-refractivity contribution is 5.89. The molecule has 2 aromatic carbocycles. The van der Waals surface area contributed by atoms with E-state index >= 15 is 0 Å². The average Bonchev–Trinajstić information content (AvgIpc) is 2.53. The van der Waals surface area contributed by atoms with Crippen LogP contribution >= 0.6 is 0 Å². The van der Waals surface area contributed by atoms with Crippen molar-refractivity contribution in [3.05, 3.63) is 52.1 Å². The van der Waals surface area contributed by atoms with E-state index < -0.39 is 0 Å². The summed E-state index contributed by atoms with van der Waals surface area (Å²) in [5, 5.41) is 19.7. The van der Waals surface area contributed by atoms with Gasteiger partial charge < -0.3 is 14.9 Å². The Morgan fingerprint density at radius 2 is 1.77 bits per heavy atom. The summed E-state index contributed by atoms with van der Waals surface area (Å²) in [4.78, 5) is 0. The predicted octanol–water partition coefficient (Wildman–Crippen LogP) is 5.63. The van der Waals surface area contributed by atoms with Crippen LogP contribution in [0, 0.1) is 19.3 Å². The molecule has 0 aromatic heterocycles. The number of fused-ring (bicyclic) bond motifs is 1. The summed E-state index contributed by atoms with van der Waals surface area (Å²) in [5.41, 5.74) is 6.72. The zero-order valence-corrected chi connectivity index (χ0v) is 16.3. The lowest BCUT2D eigenvalue weighted by molar-refractivity contribution is 0.348. The van der Waals surface area contributed by atoms with Crippen LogP contribution in [0.1, 0.15) is 55.0 Å². The molecule has 0 spiro atoms. The number of rotatable bonds is 3. The maximum Gasteiger partial charge on any atom is 0.130 e. The van der Waals surface area contributed by atoms with Gasteiger partial charge in [0.1, 0.15) is 23.9 Å². The minimum Gasteiger partial charge on any atom is -0.508 e. The van der Waals surface area contributed by atoms with Crippen molar-refractivity contribution in [1.29, 1.82) is 0 Å². The Kier molecular flexibility index (Phi) is 4.74. The van der Waals surface area contributed by atoms with Gasteiger partial charge in [0.25, 0.3) is 0 Å². The van der Waals surface area contributed by atoms with E-state index in [1.807, 2.05) is 0 Å². The van der Waals surface area contributed by atoms with Crippen LogP contribution in [0.5, 0.6) is 17.2 Å². The Labute approximate surface area is 156 Å². The molecule has 3 nitrogen and oxygen atoms in total. The number of hydrogen-bond acceptors (Lipinski definition) is 3. The fourth-order valence-electron chi connectivity index (χ4n) is 3.48. The average molecular weight is 352 g/mol. The van der Waals surface area contributed by atoms with Gasteiger partial charge in [-0.1, -0.05) is 26.8 Å². The van der Waals surface area contributed by atoms with E-state index in [4.69, 9.17) is 4.74 Å².